The smallest absolute Gasteiger partial charge is 0.119 e. The highest BCUT2D eigenvalue weighted by atomic mass is 16.5. The lowest BCUT2D eigenvalue weighted by Crippen LogP contribution is -1.99. The van der Waals surface area contributed by atoms with Crippen LogP contribution in [0, 0.1) is 5.92 Å². The van der Waals surface area contributed by atoms with Crippen molar-refractivity contribution in [2.24, 2.45) is 5.92 Å². The zero-order valence-electron chi connectivity index (χ0n) is 11.3. The second-order valence-corrected chi connectivity index (χ2v) is 4.78. The highest BCUT2D eigenvalue weighted by Crippen LogP contribution is 2.15. The van der Waals surface area contributed by atoms with Crippen LogP contribution in [-0.2, 0) is 6.42 Å². The Labute approximate surface area is 108 Å². The molecule has 0 aliphatic heterocycles. The minimum atomic E-state index is 0.633. The van der Waals surface area contributed by atoms with Gasteiger partial charge in [-0.25, -0.2) is 4.68 Å². The molecule has 0 amide bonds. The second kappa shape index (κ2) is 5.71. The Morgan fingerprint density at radius 2 is 1.89 bits per heavy atom. The lowest BCUT2D eigenvalue weighted by molar-refractivity contribution is 0.340. The number of hydrogen-bond acceptors (Lipinski definition) is 2. The van der Waals surface area contributed by atoms with E-state index in [0.29, 0.717) is 12.5 Å². The molecule has 1 heterocycles. The van der Waals surface area contributed by atoms with E-state index in [0.717, 1.165) is 23.6 Å². The summed E-state index contributed by atoms with van der Waals surface area (Å²) in [4.78, 5) is 0. The molecule has 0 unspecified atom stereocenters. The summed E-state index contributed by atoms with van der Waals surface area (Å²) in [6.07, 6.45) is 3.03. The predicted molar refractivity (Wildman–Crippen MR) is 73.3 cm³/mol. The summed E-state index contributed by atoms with van der Waals surface area (Å²) in [5.74, 6) is 1.53. The van der Waals surface area contributed by atoms with Gasteiger partial charge in [0.05, 0.1) is 18.0 Å². The fourth-order valence-electron chi connectivity index (χ4n) is 1.89. The van der Waals surface area contributed by atoms with Gasteiger partial charge in [0.2, 0.25) is 0 Å². The van der Waals surface area contributed by atoms with Gasteiger partial charge in [0.15, 0.2) is 0 Å². The van der Waals surface area contributed by atoms with Gasteiger partial charge in [0.25, 0.3) is 0 Å². The molecule has 1 aromatic carbocycles. The largest absolute Gasteiger partial charge is 0.494 e. The Kier molecular flexibility index (Phi) is 4.03. The maximum Gasteiger partial charge on any atom is 0.119 e. The first-order valence-electron chi connectivity index (χ1n) is 6.47. The van der Waals surface area contributed by atoms with Crippen molar-refractivity contribution in [3.8, 4) is 11.4 Å². The zero-order chi connectivity index (χ0) is 13.0. The van der Waals surface area contributed by atoms with Crippen molar-refractivity contribution in [2.45, 2.75) is 27.2 Å². The van der Waals surface area contributed by atoms with Crippen LogP contribution in [0.3, 0.4) is 0 Å². The van der Waals surface area contributed by atoms with E-state index in [4.69, 9.17) is 4.74 Å². The number of ether oxygens (including phenoxy) is 1. The number of benzene rings is 1. The summed E-state index contributed by atoms with van der Waals surface area (Å²) in [6, 6.07) is 10.1. The Hall–Kier alpha value is -1.77. The molecule has 0 aliphatic rings. The van der Waals surface area contributed by atoms with E-state index in [9.17, 15) is 0 Å². The first kappa shape index (κ1) is 12.7. The summed E-state index contributed by atoms with van der Waals surface area (Å²) < 4.78 is 7.34. The van der Waals surface area contributed by atoms with E-state index in [2.05, 4.69) is 25.0 Å². The van der Waals surface area contributed by atoms with Crippen LogP contribution in [0.1, 0.15) is 26.5 Å². The molecular formula is C15H20N2O. The molecule has 18 heavy (non-hydrogen) atoms. The molecule has 0 atom stereocenters. The molecule has 1 aromatic heterocycles. The van der Waals surface area contributed by atoms with Gasteiger partial charge in [-0.2, -0.15) is 5.10 Å². The fraction of sp³-hybridized carbons (Fsp3) is 0.400. The Morgan fingerprint density at radius 1 is 1.17 bits per heavy atom. The average Bonchev–Trinajstić information content (AvgIpc) is 2.78. The molecule has 2 aromatic rings. The normalized spacial score (nSPS) is 10.9. The van der Waals surface area contributed by atoms with Crippen molar-refractivity contribution in [2.75, 3.05) is 6.61 Å². The van der Waals surface area contributed by atoms with Gasteiger partial charge in [-0.05, 0) is 49.6 Å². The van der Waals surface area contributed by atoms with Gasteiger partial charge in [-0.3, -0.25) is 0 Å². The number of nitrogens with zero attached hydrogens (tertiary/aromatic N) is 2. The van der Waals surface area contributed by atoms with Crippen molar-refractivity contribution in [1.29, 1.82) is 0 Å². The molecule has 0 spiro atoms. The first-order chi connectivity index (χ1) is 8.69. The van der Waals surface area contributed by atoms with Crippen molar-refractivity contribution < 1.29 is 4.74 Å². The lowest BCUT2D eigenvalue weighted by atomic mass is 10.1. The SMILES string of the molecule is CCOc1ccc(-n2ccc(CC(C)C)n2)cc1. The van der Waals surface area contributed by atoms with Crippen LogP contribution < -0.4 is 4.74 Å². The van der Waals surface area contributed by atoms with E-state index >= 15 is 0 Å². The molecule has 0 bridgehead atoms. The maximum atomic E-state index is 5.42. The summed E-state index contributed by atoms with van der Waals surface area (Å²) in [7, 11) is 0. The maximum absolute atomic E-state index is 5.42. The van der Waals surface area contributed by atoms with Crippen LogP contribution in [0.4, 0.5) is 0 Å². The molecule has 3 nitrogen and oxygen atoms in total. The molecule has 0 fully saturated rings. The van der Waals surface area contributed by atoms with Crippen molar-refractivity contribution >= 4 is 0 Å². The summed E-state index contributed by atoms with van der Waals surface area (Å²) in [5.41, 5.74) is 2.20. The molecule has 0 saturated carbocycles. The minimum Gasteiger partial charge on any atom is -0.494 e. The van der Waals surface area contributed by atoms with Gasteiger partial charge < -0.3 is 4.74 Å². The number of rotatable bonds is 5. The average molecular weight is 244 g/mol. The molecule has 0 saturated heterocycles. The van der Waals surface area contributed by atoms with Gasteiger partial charge >= 0.3 is 0 Å². The fourth-order valence-corrected chi connectivity index (χ4v) is 1.89. The van der Waals surface area contributed by atoms with Crippen molar-refractivity contribution in [1.82, 2.24) is 9.78 Å². The van der Waals surface area contributed by atoms with Crippen molar-refractivity contribution in [3.05, 3.63) is 42.2 Å². The molecule has 2 rings (SSSR count). The summed E-state index contributed by atoms with van der Waals surface area (Å²) in [6.45, 7) is 7.09. The number of aromatic nitrogens is 2. The highest BCUT2D eigenvalue weighted by molar-refractivity contribution is 5.36. The first-order valence-corrected chi connectivity index (χ1v) is 6.47. The quantitative estimate of drug-likeness (QED) is 0.805. The molecular weight excluding hydrogens is 224 g/mol. The van der Waals surface area contributed by atoms with E-state index in [1.807, 2.05) is 42.1 Å². The lowest BCUT2D eigenvalue weighted by Gasteiger charge is -2.05. The van der Waals surface area contributed by atoms with Crippen LogP contribution in [0.5, 0.6) is 5.75 Å². The zero-order valence-corrected chi connectivity index (χ0v) is 11.3. The molecule has 96 valence electrons. The molecule has 0 N–H and O–H groups in total. The van der Waals surface area contributed by atoms with E-state index in [1.165, 1.54) is 0 Å². The van der Waals surface area contributed by atoms with Gasteiger partial charge in [-0.1, -0.05) is 13.8 Å². The topological polar surface area (TPSA) is 27.1 Å². The Balaban J connectivity index is 2.13. The van der Waals surface area contributed by atoms with Crippen LogP contribution in [-0.4, -0.2) is 16.4 Å². The van der Waals surface area contributed by atoms with E-state index in [1.54, 1.807) is 0 Å². The number of hydrogen-bond donors (Lipinski definition) is 0. The molecule has 3 heteroatoms. The monoisotopic (exact) mass is 244 g/mol. The van der Waals surface area contributed by atoms with E-state index < -0.39 is 0 Å². The molecule has 0 aliphatic carbocycles. The highest BCUT2D eigenvalue weighted by Gasteiger charge is 2.03. The third-order valence-corrected chi connectivity index (χ3v) is 2.67. The van der Waals surface area contributed by atoms with Gasteiger partial charge in [0.1, 0.15) is 5.75 Å². The van der Waals surface area contributed by atoms with Gasteiger partial charge in [0, 0.05) is 6.20 Å². The van der Waals surface area contributed by atoms with E-state index in [-0.39, 0.29) is 0 Å². The van der Waals surface area contributed by atoms with Crippen LogP contribution in [0.25, 0.3) is 5.69 Å². The standard InChI is InChI=1S/C15H20N2O/c1-4-18-15-7-5-14(6-8-15)17-10-9-13(16-17)11-12(2)3/h5-10,12H,4,11H2,1-3H3. The van der Waals surface area contributed by atoms with Crippen molar-refractivity contribution in [3.63, 3.8) is 0 Å². The Morgan fingerprint density at radius 3 is 2.50 bits per heavy atom. The Bertz CT molecular complexity index is 485. The van der Waals surface area contributed by atoms with Crippen LogP contribution in [0.2, 0.25) is 0 Å². The third-order valence-electron chi connectivity index (χ3n) is 2.67. The van der Waals surface area contributed by atoms with Crippen LogP contribution >= 0.6 is 0 Å². The minimum absolute atomic E-state index is 0.633. The van der Waals surface area contributed by atoms with Gasteiger partial charge in [-0.15, -0.1) is 0 Å². The van der Waals surface area contributed by atoms with Crippen LogP contribution in [0.15, 0.2) is 36.5 Å². The predicted octanol–water partition coefficient (Wildman–Crippen LogP) is 3.47. The molecule has 0 radical (unpaired) electrons. The summed E-state index contributed by atoms with van der Waals surface area (Å²) >= 11 is 0. The third kappa shape index (κ3) is 3.13. The summed E-state index contributed by atoms with van der Waals surface area (Å²) in [5, 5.41) is 4.57. The second-order valence-electron chi connectivity index (χ2n) is 4.78.